The number of nitrogens with zero attached hydrogens (tertiary/aromatic N) is 6. The van der Waals surface area contributed by atoms with E-state index < -0.39 is 4.92 Å². The molecular weight excluding hydrogens is 280 g/mol. The van der Waals surface area contributed by atoms with Crippen molar-refractivity contribution in [1.82, 2.24) is 24.6 Å². The van der Waals surface area contributed by atoms with Crippen molar-refractivity contribution in [2.24, 2.45) is 0 Å². The topological polar surface area (TPSA) is 99.1 Å². The minimum atomic E-state index is -0.462. The fourth-order valence-electron chi connectivity index (χ4n) is 1.59. The van der Waals surface area contributed by atoms with E-state index in [0.717, 1.165) is 17.3 Å². The Morgan fingerprint density at radius 1 is 1.40 bits per heavy atom. The van der Waals surface area contributed by atoms with Crippen molar-refractivity contribution in [3.05, 3.63) is 46.4 Å². The molecule has 0 spiro atoms. The van der Waals surface area contributed by atoms with Crippen molar-refractivity contribution in [3.8, 4) is 0 Å². The van der Waals surface area contributed by atoms with Gasteiger partial charge in [0.15, 0.2) is 5.03 Å². The van der Waals surface area contributed by atoms with E-state index in [2.05, 4.69) is 20.1 Å². The fraction of sp³-hybridized carbons (Fsp3) is 0.0909. The smallest absolute Gasteiger partial charge is 0.258 e. The zero-order valence-electron chi connectivity index (χ0n) is 10.3. The van der Waals surface area contributed by atoms with Crippen LogP contribution >= 0.6 is 11.8 Å². The van der Waals surface area contributed by atoms with Gasteiger partial charge in [-0.25, -0.2) is 14.5 Å². The Kier molecular flexibility index (Phi) is 3.03. The van der Waals surface area contributed by atoms with E-state index in [0.29, 0.717) is 10.9 Å². The molecule has 0 atom stereocenters. The summed E-state index contributed by atoms with van der Waals surface area (Å²) in [5.74, 6) is 0.435. The molecule has 3 aromatic heterocycles. The molecular formula is C11H8N6O2S. The van der Waals surface area contributed by atoms with E-state index in [1.54, 1.807) is 31.6 Å². The Balaban J connectivity index is 2.00. The van der Waals surface area contributed by atoms with Crippen LogP contribution in [0.25, 0.3) is 5.78 Å². The summed E-state index contributed by atoms with van der Waals surface area (Å²) in [4.78, 5) is 22.9. The van der Waals surface area contributed by atoms with Crippen molar-refractivity contribution in [3.63, 3.8) is 0 Å². The van der Waals surface area contributed by atoms with Gasteiger partial charge in [-0.3, -0.25) is 10.1 Å². The van der Waals surface area contributed by atoms with Gasteiger partial charge >= 0.3 is 5.69 Å². The zero-order valence-corrected chi connectivity index (χ0v) is 11.1. The number of hydrogen-bond acceptors (Lipinski definition) is 7. The van der Waals surface area contributed by atoms with Gasteiger partial charge in [-0.05, 0) is 30.3 Å². The normalized spacial score (nSPS) is 10.8. The SMILES string of the molecule is Cc1cnc(Sc2nc3ncccn3n2)c([N+](=O)[O-])c1. The highest BCUT2D eigenvalue weighted by Crippen LogP contribution is 2.31. The van der Waals surface area contributed by atoms with Gasteiger partial charge in [0, 0.05) is 24.7 Å². The molecule has 0 aliphatic heterocycles. The van der Waals surface area contributed by atoms with E-state index >= 15 is 0 Å². The van der Waals surface area contributed by atoms with E-state index in [1.807, 2.05) is 0 Å². The van der Waals surface area contributed by atoms with Gasteiger partial charge in [-0.1, -0.05) is 0 Å². The van der Waals surface area contributed by atoms with Gasteiger partial charge in [0.25, 0.3) is 5.78 Å². The predicted molar refractivity (Wildman–Crippen MR) is 70.5 cm³/mol. The maximum atomic E-state index is 11.0. The largest absolute Gasteiger partial charge is 0.302 e. The molecule has 0 fully saturated rings. The van der Waals surface area contributed by atoms with E-state index in [1.165, 1.54) is 10.6 Å². The Morgan fingerprint density at radius 2 is 2.25 bits per heavy atom. The van der Waals surface area contributed by atoms with Crippen LogP contribution in [0.2, 0.25) is 0 Å². The molecule has 3 rings (SSSR count). The molecule has 0 aliphatic rings. The van der Waals surface area contributed by atoms with E-state index in [9.17, 15) is 10.1 Å². The summed E-state index contributed by atoms with van der Waals surface area (Å²) in [5, 5.41) is 15.8. The zero-order chi connectivity index (χ0) is 14.1. The summed E-state index contributed by atoms with van der Waals surface area (Å²) in [6.45, 7) is 1.75. The molecule has 0 N–H and O–H groups in total. The molecule has 0 unspecified atom stereocenters. The molecule has 0 radical (unpaired) electrons. The second kappa shape index (κ2) is 4.85. The number of aromatic nitrogens is 5. The predicted octanol–water partition coefficient (Wildman–Crippen LogP) is 1.89. The number of hydrogen-bond donors (Lipinski definition) is 0. The Morgan fingerprint density at radius 3 is 3.00 bits per heavy atom. The maximum absolute atomic E-state index is 11.0. The third kappa shape index (κ3) is 2.30. The maximum Gasteiger partial charge on any atom is 0.302 e. The number of fused-ring (bicyclic) bond motifs is 1. The van der Waals surface area contributed by atoms with Crippen molar-refractivity contribution in [1.29, 1.82) is 0 Å². The second-order valence-electron chi connectivity index (χ2n) is 3.95. The molecule has 3 heterocycles. The number of aryl methyl sites for hydroxylation is 1. The van der Waals surface area contributed by atoms with Crippen LogP contribution in [0.5, 0.6) is 0 Å². The van der Waals surface area contributed by atoms with E-state index in [-0.39, 0.29) is 10.7 Å². The molecule has 0 amide bonds. The number of rotatable bonds is 3. The van der Waals surface area contributed by atoms with Crippen LogP contribution in [-0.2, 0) is 0 Å². The highest BCUT2D eigenvalue weighted by molar-refractivity contribution is 7.99. The first kappa shape index (κ1) is 12.5. The van der Waals surface area contributed by atoms with Crippen molar-refractivity contribution < 1.29 is 4.92 Å². The van der Waals surface area contributed by atoms with Crippen LogP contribution in [0.15, 0.2) is 40.9 Å². The van der Waals surface area contributed by atoms with Crippen LogP contribution < -0.4 is 0 Å². The van der Waals surface area contributed by atoms with Gasteiger partial charge in [0.05, 0.1) is 4.92 Å². The summed E-state index contributed by atoms with van der Waals surface area (Å²) in [6, 6.07) is 3.20. The van der Waals surface area contributed by atoms with Crippen LogP contribution in [0.1, 0.15) is 5.56 Å². The molecule has 3 aromatic rings. The van der Waals surface area contributed by atoms with Crippen molar-refractivity contribution in [2.75, 3.05) is 0 Å². The lowest BCUT2D eigenvalue weighted by Crippen LogP contribution is -1.94. The van der Waals surface area contributed by atoms with Crippen molar-refractivity contribution >= 4 is 23.2 Å². The van der Waals surface area contributed by atoms with Crippen LogP contribution in [0.3, 0.4) is 0 Å². The quantitative estimate of drug-likeness (QED) is 0.536. The summed E-state index contributed by atoms with van der Waals surface area (Å²) < 4.78 is 1.50. The first-order valence-electron chi connectivity index (χ1n) is 5.60. The lowest BCUT2D eigenvalue weighted by molar-refractivity contribution is -0.388. The highest BCUT2D eigenvalue weighted by Gasteiger charge is 2.18. The molecule has 0 saturated heterocycles. The Bertz CT molecular complexity index is 769. The average molecular weight is 288 g/mol. The standard InChI is InChI=1S/C11H8N6O2S/c1-7-5-8(17(18)19)9(13-6-7)20-11-14-10-12-3-2-4-16(10)15-11/h2-6H,1H3. The minimum Gasteiger partial charge on any atom is -0.258 e. The lowest BCUT2D eigenvalue weighted by Gasteiger charge is -1.99. The Hall–Kier alpha value is -2.55. The number of pyridine rings is 1. The minimum absolute atomic E-state index is 0.0539. The van der Waals surface area contributed by atoms with Crippen LogP contribution in [0, 0.1) is 17.0 Å². The van der Waals surface area contributed by atoms with Gasteiger partial charge in [-0.2, -0.15) is 4.98 Å². The molecule has 20 heavy (non-hydrogen) atoms. The third-order valence-corrected chi connectivity index (χ3v) is 3.31. The van der Waals surface area contributed by atoms with Gasteiger partial charge in [0.1, 0.15) is 0 Å². The van der Waals surface area contributed by atoms with Gasteiger partial charge in [0.2, 0.25) is 5.16 Å². The van der Waals surface area contributed by atoms with Gasteiger partial charge < -0.3 is 0 Å². The highest BCUT2D eigenvalue weighted by atomic mass is 32.2. The molecule has 0 bridgehead atoms. The third-order valence-electron chi connectivity index (χ3n) is 2.45. The molecule has 100 valence electrons. The fourth-order valence-corrected chi connectivity index (χ4v) is 2.37. The summed E-state index contributed by atoms with van der Waals surface area (Å²) >= 11 is 1.04. The molecule has 0 aromatic carbocycles. The first-order chi connectivity index (χ1) is 9.63. The molecule has 8 nitrogen and oxygen atoms in total. The molecule has 0 saturated carbocycles. The number of nitro groups is 1. The second-order valence-corrected chi connectivity index (χ2v) is 4.91. The first-order valence-corrected chi connectivity index (χ1v) is 6.41. The average Bonchev–Trinajstić information content (AvgIpc) is 2.82. The lowest BCUT2D eigenvalue weighted by atomic mass is 10.3. The Labute approximate surface area is 117 Å². The summed E-state index contributed by atoms with van der Waals surface area (Å²) in [7, 11) is 0. The molecule has 9 heteroatoms. The molecule has 0 aliphatic carbocycles. The summed E-state index contributed by atoms with van der Waals surface area (Å²) in [5.41, 5.74) is 0.674. The van der Waals surface area contributed by atoms with Crippen LogP contribution in [-0.4, -0.2) is 29.5 Å². The van der Waals surface area contributed by atoms with Crippen LogP contribution in [0.4, 0.5) is 5.69 Å². The summed E-state index contributed by atoms with van der Waals surface area (Å²) in [6.07, 6.45) is 4.88. The van der Waals surface area contributed by atoms with E-state index in [4.69, 9.17) is 0 Å². The monoisotopic (exact) mass is 288 g/mol. The van der Waals surface area contributed by atoms with Gasteiger partial charge in [-0.15, -0.1) is 5.10 Å². The van der Waals surface area contributed by atoms with Crippen molar-refractivity contribution in [2.45, 2.75) is 17.1 Å².